The molecule has 1 aliphatic rings. The van der Waals surface area contributed by atoms with Crippen molar-refractivity contribution in [2.24, 2.45) is 0 Å². The van der Waals surface area contributed by atoms with Gasteiger partial charge >= 0.3 is 0 Å². The second-order valence-corrected chi connectivity index (χ2v) is 5.92. The van der Waals surface area contributed by atoms with Crippen LogP contribution >= 0.6 is 11.6 Å². The first-order valence-corrected chi connectivity index (χ1v) is 7.38. The number of rotatable bonds is 4. The fourth-order valence-electron chi connectivity index (χ4n) is 2.55. The van der Waals surface area contributed by atoms with Crippen LogP contribution in [0.3, 0.4) is 0 Å². The molecule has 0 spiro atoms. The average molecular weight is 271 g/mol. The van der Waals surface area contributed by atoms with E-state index in [1.165, 1.54) is 25.7 Å². The van der Waals surface area contributed by atoms with Gasteiger partial charge in [-0.25, -0.2) is 9.67 Å². The van der Waals surface area contributed by atoms with Crippen LogP contribution in [0.4, 0.5) is 0 Å². The molecule has 1 aromatic heterocycles. The van der Waals surface area contributed by atoms with Gasteiger partial charge in [-0.3, -0.25) is 0 Å². The first-order chi connectivity index (χ1) is 8.68. The lowest BCUT2D eigenvalue weighted by Gasteiger charge is -2.21. The number of hydrogen-bond acceptors (Lipinski definition) is 3. The highest BCUT2D eigenvalue weighted by Gasteiger charge is 2.21. The summed E-state index contributed by atoms with van der Waals surface area (Å²) >= 11 is 6.42. The molecule has 1 aliphatic carbocycles. The standard InChI is InChI=1S/C13H23ClN4/c1-10(2)18-13(16-9-17-18)8-15-12-7-5-3-4-6-11(12)14/h9-12,15H,3-8H2,1-2H3. The minimum Gasteiger partial charge on any atom is -0.306 e. The van der Waals surface area contributed by atoms with Crippen LogP contribution < -0.4 is 5.32 Å². The van der Waals surface area contributed by atoms with Crippen molar-refractivity contribution in [1.82, 2.24) is 20.1 Å². The third-order valence-electron chi connectivity index (χ3n) is 3.59. The van der Waals surface area contributed by atoms with Crippen molar-refractivity contribution in [2.45, 2.75) is 70.0 Å². The largest absolute Gasteiger partial charge is 0.306 e. The van der Waals surface area contributed by atoms with E-state index >= 15 is 0 Å². The summed E-state index contributed by atoms with van der Waals surface area (Å²) < 4.78 is 1.97. The van der Waals surface area contributed by atoms with Gasteiger partial charge in [-0.2, -0.15) is 5.10 Å². The van der Waals surface area contributed by atoms with Crippen molar-refractivity contribution in [1.29, 1.82) is 0 Å². The second-order valence-electron chi connectivity index (χ2n) is 5.36. The molecular formula is C13H23ClN4. The molecule has 0 radical (unpaired) electrons. The molecule has 0 saturated heterocycles. The highest BCUT2D eigenvalue weighted by Crippen LogP contribution is 2.22. The third-order valence-corrected chi connectivity index (χ3v) is 4.11. The molecule has 0 aliphatic heterocycles. The van der Waals surface area contributed by atoms with Crippen LogP contribution in [-0.2, 0) is 6.54 Å². The summed E-state index contributed by atoms with van der Waals surface area (Å²) in [5.41, 5.74) is 0. The molecule has 0 aromatic carbocycles. The summed E-state index contributed by atoms with van der Waals surface area (Å²) in [4.78, 5) is 4.32. The molecule has 2 rings (SSSR count). The fraction of sp³-hybridized carbons (Fsp3) is 0.846. The lowest BCUT2D eigenvalue weighted by atomic mass is 10.1. The molecule has 1 heterocycles. The molecule has 1 N–H and O–H groups in total. The van der Waals surface area contributed by atoms with Crippen molar-refractivity contribution >= 4 is 11.6 Å². The third kappa shape index (κ3) is 3.45. The zero-order valence-electron chi connectivity index (χ0n) is 11.3. The first kappa shape index (κ1) is 13.8. The number of aromatic nitrogens is 3. The Kier molecular flexibility index (Phi) is 5.01. The Bertz CT molecular complexity index is 364. The highest BCUT2D eigenvalue weighted by atomic mass is 35.5. The zero-order chi connectivity index (χ0) is 13.0. The topological polar surface area (TPSA) is 42.7 Å². The van der Waals surface area contributed by atoms with Gasteiger partial charge in [-0.05, 0) is 26.7 Å². The van der Waals surface area contributed by atoms with E-state index in [2.05, 4.69) is 29.2 Å². The lowest BCUT2D eigenvalue weighted by Crippen LogP contribution is -2.36. The quantitative estimate of drug-likeness (QED) is 0.676. The Balaban J connectivity index is 1.91. The van der Waals surface area contributed by atoms with Crippen molar-refractivity contribution in [2.75, 3.05) is 0 Å². The average Bonchev–Trinajstić information content (AvgIpc) is 2.71. The molecule has 5 heteroatoms. The van der Waals surface area contributed by atoms with E-state index in [9.17, 15) is 0 Å². The van der Waals surface area contributed by atoms with E-state index < -0.39 is 0 Å². The molecule has 2 atom stereocenters. The summed E-state index contributed by atoms with van der Waals surface area (Å²) in [5.74, 6) is 0.998. The summed E-state index contributed by atoms with van der Waals surface area (Å²) in [5, 5.41) is 8.06. The van der Waals surface area contributed by atoms with Gasteiger partial charge in [-0.1, -0.05) is 19.3 Å². The number of halogens is 1. The normalized spacial score (nSPS) is 25.3. The zero-order valence-corrected chi connectivity index (χ0v) is 12.0. The van der Waals surface area contributed by atoms with Crippen molar-refractivity contribution in [3.63, 3.8) is 0 Å². The molecule has 18 heavy (non-hydrogen) atoms. The van der Waals surface area contributed by atoms with Gasteiger partial charge in [0.2, 0.25) is 0 Å². The van der Waals surface area contributed by atoms with Gasteiger partial charge in [0.1, 0.15) is 12.2 Å². The summed E-state index contributed by atoms with van der Waals surface area (Å²) in [6.45, 7) is 4.99. The maximum absolute atomic E-state index is 6.42. The molecule has 1 fully saturated rings. The van der Waals surface area contributed by atoms with Crippen LogP contribution in [-0.4, -0.2) is 26.2 Å². The van der Waals surface area contributed by atoms with Crippen LogP contribution in [0, 0.1) is 0 Å². The van der Waals surface area contributed by atoms with E-state index in [0.29, 0.717) is 12.1 Å². The number of alkyl halides is 1. The maximum atomic E-state index is 6.42. The van der Waals surface area contributed by atoms with Crippen LogP contribution in [0.15, 0.2) is 6.33 Å². The Morgan fingerprint density at radius 1 is 1.39 bits per heavy atom. The van der Waals surface area contributed by atoms with Gasteiger partial charge in [0, 0.05) is 17.5 Å². The molecular weight excluding hydrogens is 248 g/mol. The summed E-state index contributed by atoms with van der Waals surface area (Å²) in [6.07, 6.45) is 7.76. The Hall–Kier alpha value is -0.610. The van der Waals surface area contributed by atoms with E-state index in [-0.39, 0.29) is 5.38 Å². The SMILES string of the molecule is CC(C)n1ncnc1CNC1CCCCCC1Cl. The van der Waals surface area contributed by atoms with E-state index in [1.54, 1.807) is 6.33 Å². The highest BCUT2D eigenvalue weighted by molar-refractivity contribution is 6.21. The van der Waals surface area contributed by atoms with Crippen molar-refractivity contribution in [3.8, 4) is 0 Å². The van der Waals surface area contributed by atoms with Crippen molar-refractivity contribution in [3.05, 3.63) is 12.2 Å². The summed E-state index contributed by atoms with van der Waals surface area (Å²) in [6, 6.07) is 0.761. The molecule has 102 valence electrons. The Morgan fingerprint density at radius 3 is 2.94 bits per heavy atom. The second kappa shape index (κ2) is 6.53. The molecule has 0 amide bonds. The van der Waals surface area contributed by atoms with Crippen LogP contribution in [0.25, 0.3) is 0 Å². The minimum atomic E-state index is 0.253. The maximum Gasteiger partial charge on any atom is 0.141 e. The van der Waals surface area contributed by atoms with Crippen molar-refractivity contribution < 1.29 is 0 Å². The van der Waals surface area contributed by atoms with Gasteiger partial charge in [0.15, 0.2) is 0 Å². The van der Waals surface area contributed by atoms with E-state index in [0.717, 1.165) is 18.8 Å². The Morgan fingerprint density at radius 2 is 2.17 bits per heavy atom. The molecule has 0 bridgehead atoms. The molecule has 1 aromatic rings. The smallest absolute Gasteiger partial charge is 0.141 e. The van der Waals surface area contributed by atoms with Crippen LogP contribution in [0.1, 0.15) is 57.8 Å². The summed E-state index contributed by atoms with van der Waals surface area (Å²) in [7, 11) is 0. The number of hydrogen-bond donors (Lipinski definition) is 1. The Labute approximate surface area is 114 Å². The lowest BCUT2D eigenvalue weighted by molar-refractivity contribution is 0.432. The first-order valence-electron chi connectivity index (χ1n) is 6.94. The number of nitrogens with zero attached hydrogens (tertiary/aromatic N) is 3. The van der Waals surface area contributed by atoms with Gasteiger partial charge in [-0.15, -0.1) is 11.6 Å². The monoisotopic (exact) mass is 270 g/mol. The molecule has 1 saturated carbocycles. The minimum absolute atomic E-state index is 0.253. The van der Waals surface area contributed by atoms with Crippen LogP contribution in [0.5, 0.6) is 0 Å². The predicted octanol–water partition coefficient (Wildman–Crippen LogP) is 2.89. The fourth-order valence-corrected chi connectivity index (χ4v) is 2.92. The predicted molar refractivity (Wildman–Crippen MR) is 73.8 cm³/mol. The van der Waals surface area contributed by atoms with Gasteiger partial charge in [0.25, 0.3) is 0 Å². The van der Waals surface area contributed by atoms with Crippen LogP contribution in [0.2, 0.25) is 0 Å². The number of nitrogens with one attached hydrogen (secondary N) is 1. The van der Waals surface area contributed by atoms with E-state index in [1.807, 2.05) is 4.68 Å². The van der Waals surface area contributed by atoms with Gasteiger partial charge < -0.3 is 5.32 Å². The van der Waals surface area contributed by atoms with E-state index in [4.69, 9.17) is 11.6 Å². The molecule has 4 nitrogen and oxygen atoms in total. The molecule has 2 unspecified atom stereocenters. The van der Waals surface area contributed by atoms with Gasteiger partial charge in [0.05, 0.1) is 6.54 Å².